The number of allylic oxidation sites excluding steroid dienone is 2. The molecule has 0 saturated heterocycles. The van der Waals surface area contributed by atoms with Gasteiger partial charge in [-0.3, -0.25) is 0 Å². The molecule has 86 valence electrons. The van der Waals surface area contributed by atoms with E-state index in [9.17, 15) is 10.2 Å². The lowest BCUT2D eigenvalue weighted by Gasteiger charge is -2.29. The van der Waals surface area contributed by atoms with Crippen LogP contribution in [-0.4, -0.2) is 22.9 Å². The number of hydrogen-bond acceptors (Lipinski definition) is 2. The first kappa shape index (κ1) is 11.2. The Bertz CT molecular complexity index is 245. The van der Waals surface area contributed by atoms with E-state index in [1.807, 2.05) is 0 Å². The van der Waals surface area contributed by atoms with Crippen LogP contribution in [0.3, 0.4) is 0 Å². The molecular weight excluding hydrogens is 188 g/mol. The molecule has 0 bridgehead atoms. The first-order valence-electron chi connectivity index (χ1n) is 6.30. The zero-order valence-corrected chi connectivity index (χ0v) is 9.41. The first-order chi connectivity index (χ1) is 7.31. The summed E-state index contributed by atoms with van der Waals surface area (Å²) in [5.41, 5.74) is 3.27. The second-order valence-corrected chi connectivity index (χ2v) is 5.00. The molecule has 0 heterocycles. The van der Waals surface area contributed by atoms with Gasteiger partial charge in [0, 0.05) is 12.5 Å². The molecule has 0 amide bonds. The minimum absolute atomic E-state index is 0.112. The van der Waals surface area contributed by atoms with Crippen LogP contribution in [0.4, 0.5) is 0 Å². The molecule has 0 aromatic heterocycles. The molecule has 0 saturated carbocycles. The third-order valence-electron chi connectivity index (χ3n) is 4.04. The van der Waals surface area contributed by atoms with Gasteiger partial charge in [-0.25, -0.2) is 0 Å². The number of aliphatic hydroxyl groups excluding tert-OH is 2. The van der Waals surface area contributed by atoms with Gasteiger partial charge in [-0.1, -0.05) is 11.1 Å². The molecule has 0 spiro atoms. The Morgan fingerprint density at radius 2 is 1.53 bits per heavy atom. The molecule has 0 aromatic carbocycles. The molecule has 0 radical (unpaired) electrons. The maximum Gasteiger partial charge on any atom is 0.0593 e. The molecule has 2 aliphatic rings. The van der Waals surface area contributed by atoms with Crippen LogP contribution in [0.1, 0.15) is 51.4 Å². The van der Waals surface area contributed by atoms with E-state index in [0.717, 1.165) is 25.7 Å². The van der Waals surface area contributed by atoms with Gasteiger partial charge >= 0.3 is 0 Å². The predicted octanol–water partition coefficient (Wildman–Crippen LogP) is 2.40. The highest BCUT2D eigenvalue weighted by molar-refractivity contribution is 5.18. The van der Waals surface area contributed by atoms with Gasteiger partial charge in [-0.15, -0.1) is 0 Å². The molecule has 2 heteroatoms. The van der Waals surface area contributed by atoms with Crippen LogP contribution in [0, 0.1) is 5.92 Å². The number of aliphatic hydroxyl groups is 2. The van der Waals surface area contributed by atoms with Gasteiger partial charge in [0.1, 0.15) is 0 Å². The Balaban J connectivity index is 2.06. The monoisotopic (exact) mass is 210 g/mol. The lowest BCUT2D eigenvalue weighted by atomic mass is 9.80. The van der Waals surface area contributed by atoms with Crippen LogP contribution in [0.2, 0.25) is 0 Å². The van der Waals surface area contributed by atoms with Crippen LogP contribution in [0.5, 0.6) is 0 Å². The van der Waals surface area contributed by atoms with E-state index in [0.29, 0.717) is 0 Å². The van der Waals surface area contributed by atoms with Gasteiger partial charge in [-0.2, -0.15) is 0 Å². The van der Waals surface area contributed by atoms with Crippen LogP contribution < -0.4 is 0 Å². The van der Waals surface area contributed by atoms with Crippen molar-refractivity contribution in [3.05, 3.63) is 11.1 Å². The van der Waals surface area contributed by atoms with E-state index in [1.54, 1.807) is 11.1 Å². The molecule has 15 heavy (non-hydrogen) atoms. The molecule has 2 nitrogen and oxygen atoms in total. The summed E-state index contributed by atoms with van der Waals surface area (Å²) in [6.45, 7) is 0.143. The fourth-order valence-electron chi connectivity index (χ4n) is 2.96. The summed E-state index contributed by atoms with van der Waals surface area (Å²) in [5.74, 6) is 0.112. The highest BCUT2D eigenvalue weighted by Crippen LogP contribution is 2.35. The molecule has 2 aliphatic carbocycles. The largest absolute Gasteiger partial charge is 0.396 e. The lowest BCUT2D eigenvalue weighted by molar-refractivity contribution is 0.0543. The highest BCUT2D eigenvalue weighted by atomic mass is 16.3. The molecule has 0 aliphatic heterocycles. The van der Waals surface area contributed by atoms with Crippen molar-refractivity contribution in [2.45, 2.75) is 57.5 Å². The van der Waals surface area contributed by atoms with Crippen molar-refractivity contribution >= 4 is 0 Å². The summed E-state index contributed by atoms with van der Waals surface area (Å²) in [6.07, 6.45) is 8.90. The smallest absolute Gasteiger partial charge is 0.0593 e. The van der Waals surface area contributed by atoms with Crippen LogP contribution in [0.25, 0.3) is 0 Å². The molecule has 0 fully saturated rings. The molecule has 0 unspecified atom stereocenters. The van der Waals surface area contributed by atoms with E-state index < -0.39 is 0 Å². The molecule has 2 atom stereocenters. The van der Waals surface area contributed by atoms with E-state index in [4.69, 9.17) is 0 Å². The first-order valence-corrected chi connectivity index (χ1v) is 6.30. The third-order valence-corrected chi connectivity index (χ3v) is 4.04. The summed E-state index contributed by atoms with van der Waals surface area (Å²) in [7, 11) is 0. The zero-order valence-electron chi connectivity index (χ0n) is 9.41. The molecule has 2 rings (SSSR count). The van der Waals surface area contributed by atoms with Crippen LogP contribution in [-0.2, 0) is 0 Å². The van der Waals surface area contributed by atoms with Crippen molar-refractivity contribution in [1.82, 2.24) is 0 Å². The van der Waals surface area contributed by atoms with Gasteiger partial charge in [0.25, 0.3) is 0 Å². The van der Waals surface area contributed by atoms with E-state index in [-0.39, 0.29) is 18.6 Å². The van der Waals surface area contributed by atoms with Gasteiger partial charge in [0.2, 0.25) is 0 Å². The Morgan fingerprint density at radius 1 is 0.933 bits per heavy atom. The van der Waals surface area contributed by atoms with Crippen molar-refractivity contribution in [2.75, 3.05) is 6.61 Å². The van der Waals surface area contributed by atoms with E-state index >= 15 is 0 Å². The average Bonchev–Trinajstić information content (AvgIpc) is 2.26. The second kappa shape index (κ2) is 5.13. The lowest BCUT2D eigenvalue weighted by Crippen LogP contribution is -2.26. The summed E-state index contributed by atoms with van der Waals surface area (Å²) >= 11 is 0. The number of rotatable bonds is 1. The summed E-state index contributed by atoms with van der Waals surface area (Å²) in [6, 6.07) is 0. The summed E-state index contributed by atoms with van der Waals surface area (Å²) in [5, 5.41) is 19.1. The quantitative estimate of drug-likeness (QED) is 0.652. The zero-order chi connectivity index (χ0) is 10.7. The van der Waals surface area contributed by atoms with Gasteiger partial charge in [-0.05, 0) is 51.4 Å². The summed E-state index contributed by atoms with van der Waals surface area (Å²) < 4.78 is 0. The maximum atomic E-state index is 9.88. The Labute approximate surface area is 92.0 Å². The van der Waals surface area contributed by atoms with E-state index in [2.05, 4.69) is 0 Å². The Hall–Kier alpha value is -0.340. The topological polar surface area (TPSA) is 40.5 Å². The van der Waals surface area contributed by atoms with Crippen molar-refractivity contribution in [3.8, 4) is 0 Å². The molecule has 2 N–H and O–H groups in total. The van der Waals surface area contributed by atoms with Gasteiger partial charge in [0.05, 0.1) is 6.10 Å². The standard InChI is InChI=1S/C13H22O2/c14-9-12-6-5-10-3-1-2-4-11(10)7-8-13(12)15/h12-15H,1-9H2/t12-,13+/m0/s1. The molecular formula is C13H22O2. The van der Waals surface area contributed by atoms with Gasteiger partial charge in [0.15, 0.2) is 0 Å². The SMILES string of the molecule is OC[C@@H]1CCC2=C(CCCC2)CC[C@H]1O. The third kappa shape index (κ3) is 2.61. The molecule has 0 aromatic rings. The summed E-state index contributed by atoms with van der Waals surface area (Å²) in [4.78, 5) is 0. The highest BCUT2D eigenvalue weighted by Gasteiger charge is 2.23. The van der Waals surface area contributed by atoms with Crippen molar-refractivity contribution in [2.24, 2.45) is 5.92 Å². The van der Waals surface area contributed by atoms with Gasteiger partial charge < -0.3 is 10.2 Å². The average molecular weight is 210 g/mol. The van der Waals surface area contributed by atoms with Crippen molar-refractivity contribution in [1.29, 1.82) is 0 Å². The Kier molecular flexibility index (Phi) is 3.81. The minimum atomic E-state index is -0.286. The minimum Gasteiger partial charge on any atom is -0.396 e. The van der Waals surface area contributed by atoms with Crippen LogP contribution >= 0.6 is 0 Å². The van der Waals surface area contributed by atoms with Crippen molar-refractivity contribution in [3.63, 3.8) is 0 Å². The van der Waals surface area contributed by atoms with Crippen molar-refractivity contribution < 1.29 is 10.2 Å². The predicted molar refractivity (Wildman–Crippen MR) is 60.5 cm³/mol. The Morgan fingerprint density at radius 3 is 2.13 bits per heavy atom. The van der Waals surface area contributed by atoms with E-state index in [1.165, 1.54) is 25.7 Å². The fourth-order valence-corrected chi connectivity index (χ4v) is 2.96. The fraction of sp³-hybridized carbons (Fsp3) is 0.846. The normalized spacial score (nSPS) is 33.2. The number of hydrogen-bond donors (Lipinski definition) is 2. The second-order valence-electron chi connectivity index (χ2n) is 5.00. The van der Waals surface area contributed by atoms with Crippen LogP contribution in [0.15, 0.2) is 11.1 Å². The maximum absolute atomic E-state index is 9.88.